The molecule has 1 aliphatic heterocycles. The predicted octanol–water partition coefficient (Wildman–Crippen LogP) is 0.0627. The molecule has 2 rings (SSSR count). The molecule has 0 radical (unpaired) electrons. The summed E-state index contributed by atoms with van der Waals surface area (Å²) in [6.07, 6.45) is 4.25. The molecule has 5 nitrogen and oxygen atoms in total. The van der Waals surface area contributed by atoms with Crippen molar-refractivity contribution < 1.29 is 4.79 Å². The Balaban J connectivity index is 1.96. The van der Waals surface area contributed by atoms with E-state index in [1.807, 2.05) is 20.3 Å². The van der Waals surface area contributed by atoms with E-state index < -0.39 is 0 Å². The number of likely N-dealkylation sites (N-methyl/N-ethyl adjacent to an activating group) is 1. The molecule has 1 saturated heterocycles. The summed E-state index contributed by atoms with van der Waals surface area (Å²) in [5.74, 6) is 0.200. The second kappa shape index (κ2) is 3.32. The average Bonchev–Trinajstić information content (AvgIpc) is 2.62. The number of hydrogen-bond acceptors (Lipinski definition) is 3. The van der Waals surface area contributed by atoms with Crippen LogP contribution in [-0.2, 0) is 11.8 Å². The fourth-order valence-electron chi connectivity index (χ4n) is 1.69. The second-order valence-corrected chi connectivity index (χ2v) is 3.72. The predicted molar refractivity (Wildman–Crippen MR) is 52.9 cm³/mol. The number of nitrogens with zero attached hydrogens (tertiary/aromatic N) is 3. The molecule has 1 amide bonds. The van der Waals surface area contributed by atoms with Crippen LogP contribution in [0.2, 0.25) is 0 Å². The number of nitrogens with one attached hydrogen (secondary N) is 1. The topological polar surface area (TPSA) is 50.2 Å². The molecule has 5 heteroatoms. The SMILES string of the molecule is CN1CC(Nc2cnn(C)c2)CC1=O. The van der Waals surface area contributed by atoms with Crippen molar-refractivity contribution in [1.29, 1.82) is 0 Å². The van der Waals surface area contributed by atoms with Crippen LogP contribution in [0.3, 0.4) is 0 Å². The molecule has 1 N–H and O–H groups in total. The van der Waals surface area contributed by atoms with Gasteiger partial charge in [-0.15, -0.1) is 0 Å². The number of aryl methyl sites for hydroxylation is 1. The number of likely N-dealkylation sites (tertiary alicyclic amines) is 1. The van der Waals surface area contributed by atoms with E-state index in [1.165, 1.54) is 0 Å². The van der Waals surface area contributed by atoms with E-state index in [0.717, 1.165) is 12.2 Å². The molecule has 0 aliphatic carbocycles. The third kappa shape index (κ3) is 1.71. The lowest BCUT2D eigenvalue weighted by Gasteiger charge is -2.11. The van der Waals surface area contributed by atoms with Crippen molar-refractivity contribution in [2.24, 2.45) is 7.05 Å². The zero-order valence-electron chi connectivity index (χ0n) is 8.40. The van der Waals surface area contributed by atoms with Crippen LogP contribution in [0.5, 0.6) is 0 Å². The van der Waals surface area contributed by atoms with Crippen molar-refractivity contribution >= 4 is 11.6 Å². The molecule has 1 atom stereocenters. The fourth-order valence-corrected chi connectivity index (χ4v) is 1.69. The van der Waals surface area contributed by atoms with Gasteiger partial charge in [0.25, 0.3) is 0 Å². The molecular formula is C9H14N4O. The maximum Gasteiger partial charge on any atom is 0.224 e. The van der Waals surface area contributed by atoms with E-state index in [-0.39, 0.29) is 11.9 Å². The Kier molecular flexibility index (Phi) is 2.15. The van der Waals surface area contributed by atoms with E-state index >= 15 is 0 Å². The smallest absolute Gasteiger partial charge is 0.224 e. The van der Waals surface area contributed by atoms with Gasteiger partial charge in [0.1, 0.15) is 0 Å². The Morgan fingerprint density at radius 2 is 2.36 bits per heavy atom. The van der Waals surface area contributed by atoms with Gasteiger partial charge in [-0.2, -0.15) is 5.10 Å². The monoisotopic (exact) mass is 194 g/mol. The van der Waals surface area contributed by atoms with Crippen molar-refractivity contribution in [2.45, 2.75) is 12.5 Å². The number of hydrogen-bond donors (Lipinski definition) is 1. The van der Waals surface area contributed by atoms with Crippen molar-refractivity contribution in [3.8, 4) is 0 Å². The lowest BCUT2D eigenvalue weighted by Crippen LogP contribution is -2.24. The number of rotatable bonds is 2. The van der Waals surface area contributed by atoms with Crippen molar-refractivity contribution in [1.82, 2.24) is 14.7 Å². The van der Waals surface area contributed by atoms with Gasteiger partial charge in [0.2, 0.25) is 5.91 Å². The van der Waals surface area contributed by atoms with E-state index in [4.69, 9.17) is 0 Å². The van der Waals surface area contributed by atoms with Gasteiger partial charge in [0.15, 0.2) is 0 Å². The highest BCUT2D eigenvalue weighted by Gasteiger charge is 2.26. The molecule has 2 heterocycles. The van der Waals surface area contributed by atoms with E-state index in [9.17, 15) is 4.79 Å². The molecule has 1 unspecified atom stereocenters. The quantitative estimate of drug-likeness (QED) is 0.724. The highest BCUT2D eigenvalue weighted by atomic mass is 16.2. The summed E-state index contributed by atoms with van der Waals surface area (Å²) >= 11 is 0. The maximum atomic E-state index is 11.2. The van der Waals surface area contributed by atoms with Crippen LogP contribution >= 0.6 is 0 Å². The number of anilines is 1. The first-order chi connectivity index (χ1) is 6.65. The van der Waals surface area contributed by atoms with Gasteiger partial charge in [0.05, 0.1) is 17.9 Å². The molecule has 0 aromatic carbocycles. The number of amides is 1. The van der Waals surface area contributed by atoms with Crippen LogP contribution < -0.4 is 5.32 Å². The minimum atomic E-state index is 0.200. The van der Waals surface area contributed by atoms with E-state index in [2.05, 4.69) is 10.4 Å². The summed E-state index contributed by atoms with van der Waals surface area (Å²) in [5.41, 5.74) is 0.973. The normalized spacial score (nSPS) is 21.7. The van der Waals surface area contributed by atoms with Crippen LogP contribution in [0, 0.1) is 0 Å². The summed E-state index contributed by atoms with van der Waals surface area (Å²) < 4.78 is 1.74. The van der Waals surface area contributed by atoms with Crippen molar-refractivity contribution in [3.05, 3.63) is 12.4 Å². The maximum absolute atomic E-state index is 11.2. The van der Waals surface area contributed by atoms with Crippen LogP contribution in [0.1, 0.15) is 6.42 Å². The molecule has 1 aromatic rings. The number of carbonyl (C=O) groups excluding carboxylic acids is 1. The molecule has 14 heavy (non-hydrogen) atoms. The van der Waals surface area contributed by atoms with Crippen molar-refractivity contribution in [2.75, 3.05) is 18.9 Å². The van der Waals surface area contributed by atoms with Crippen LogP contribution in [0.25, 0.3) is 0 Å². The Morgan fingerprint density at radius 1 is 1.57 bits per heavy atom. The van der Waals surface area contributed by atoms with Crippen LogP contribution in [0.15, 0.2) is 12.4 Å². The first-order valence-corrected chi connectivity index (χ1v) is 4.64. The molecule has 0 bridgehead atoms. The Hall–Kier alpha value is -1.52. The van der Waals surface area contributed by atoms with Gasteiger partial charge in [-0.1, -0.05) is 0 Å². The van der Waals surface area contributed by atoms with Gasteiger partial charge < -0.3 is 10.2 Å². The molecular weight excluding hydrogens is 180 g/mol. The van der Waals surface area contributed by atoms with E-state index in [0.29, 0.717) is 6.42 Å². The zero-order chi connectivity index (χ0) is 10.1. The molecule has 1 aliphatic rings. The minimum absolute atomic E-state index is 0.200. The first-order valence-electron chi connectivity index (χ1n) is 4.64. The third-order valence-electron chi connectivity index (χ3n) is 2.42. The standard InChI is InChI=1S/C9H14N4O/c1-12-5-7(3-9(12)14)11-8-4-10-13(2)6-8/h4,6-7,11H,3,5H2,1-2H3. The number of carbonyl (C=O) groups is 1. The van der Waals surface area contributed by atoms with E-state index in [1.54, 1.807) is 15.8 Å². The van der Waals surface area contributed by atoms with Gasteiger partial charge in [-0.3, -0.25) is 9.48 Å². The van der Waals surface area contributed by atoms with Gasteiger partial charge in [-0.25, -0.2) is 0 Å². The van der Waals surface area contributed by atoms with Gasteiger partial charge >= 0.3 is 0 Å². The highest BCUT2D eigenvalue weighted by molar-refractivity contribution is 5.79. The summed E-state index contributed by atoms with van der Waals surface area (Å²) in [6.45, 7) is 0.772. The van der Waals surface area contributed by atoms with Gasteiger partial charge in [0, 0.05) is 33.3 Å². The minimum Gasteiger partial charge on any atom is -0.377 e. The molecule has 1 aromatic heterocycles. The zero-order valence-corrected chi connectivity index (χ0v) is 8.40. The second-order valence-electron chi connectivity index (χ2n) is 3.72. The lowest BCUT2D eigenvalue weighted by atomic mass is 10.2. The summed E-state index contributed by atoms with van der Waals surface area (Å²) in [4.78, 5) is 13.0. The number of aromatic nitrogens is 2. The molecule has 0 spiro atoms. The molecule has 76 valence electrons. The Morgan fingerprint density at radius 3 is 2.86 bits per heavy atom. The summed E-state index contributed by atoms with van der Waals surface area (Å²) in [5, 5.41) is 7.33. The first kappa shape index (κ1) is 9.05. The Bertz CT molecular complexity index is 346. The third-order valence-corrected chi connectivity index (χ3v) is 2.42. The fraction of sp³-hybridized carbons (Fsp3) is 0.556. The van der Waals surface area contributed by atoms with Gasteiger partial charge in [-0.05, 0) is 0 Å². The Labute approximate surface area is 82.7 Å². The molecule has 1 fully saturated rings. The summed E-state index contributed by atoms with van der Waals surface area (Å²) in [7, 11) is 3.70. The molecule has 0 saturated carbocycles. The lowest BCUT2D eigenvalue weighted by molar-refractivity contribution is -0.126. The van der Waals surface area contributed by atoms with Crippen molar-refractivity contribution in [3.63, 3.8) is 0 Å². The highest BCUT2D eigenvalue weighted by Crippen LogP contribution is 2.14. The largest absolute Gasteiger partial charge is 0.377 e. The van der Waals surface area contributed by atoms with Crippen LogP contribution in [0.4, 0.5) is 5.69 Å². The van der Waals surface area contributed by atoms with Crippen LogP contribution in [-0.4, -0.2) is 40.2 Å². The average molecular weight is 194 g/mol. The summed E-state index contributed by atoms with van der Waals surface area (Å²) in [6, 6.07) is 0.219.